The van der Waals surface area contributed by atoms with Crippen molar-refractivity contribution in [2.24, 2.45) is 0 Å². The predicted molar refractivity (Wildman–Crippen MR) is 59.5 cm³/mol. The lowest BCUT2D eigenvalue weighted by molar-refractivity contribution is 0.501. The lowest BCUT2D eigenvalue weighted by Gasteiger charge is -2.25. The number of hydrogen-bond acceptors (Lipinski definition) is 3. The van der Waals surface area contributed by atoms with E-state index in [1.54, 1.807) is 6.07 Å². The van der Waals surface area contributed by atoms with Gasteiger partial charge in [-0.25, -0.2) is 12.8 Å². The average molecular weight is 243 g/mol. The third-order valence-electron chi connectivity index (χ3n) is 2.81. The van der Waals surface area contributed by atoms with E-state index in [0.29, 0.717) is 12.0 Å². The van der Waals surface area contributed by atoms with Gasteiger partial charge in [0, 0.05) is 6.04 Å². The summed E-state index contributed by atoms with van der Waals surface area (Å²) in [7, 11) is -3.30. The number of rotatable bonds is 2. The maximum Gasteiger partial charge on any atom is 0.178 e. The van der Waals surface area contributed by atoms with Gasteiger partial charge in [0.15, 0.2) is 9.84 Å². The van der Waals surface area contributed by atoms with Gasteiger partial charge in [0.1, 0.15) is 5.82 Å². The van der Waals surface area contributed by atoms with Gasteiger partial charge >= 0.3 is 0 Å². The highest BCUT2D eigenvalue weighted by atomic mass is 32.2. The van der Waals surface area contributed by atoms with Crippen molar-refractivity contribution in [2.45, 2.75) is 24.3 Å². The Morgan fingerprint density at radius 3 is 2.94 bits per heavy atom. The Kier molecular flexibility index (Phi) is 2.99. The van der Waals surface area contributed by atoms with E-state index >= 15 is 0 Å². The molecule has 1 aromatic carbocycles. The monoisotopic (exact) mass is 243 g/mol. The summed E-state index contributed by atoms with van der Waals surface area (Å²) < 4.78 is 36.6. The highest BCUT2D eigenvalue weighted by Gasteiger charge is 2.29. The fourth-order valence-corrected chi connectivity index (χ4v) is 3.69. The van der Waals surface area contributed by atoms with Crippen molar-refractivity contribution in [1.82, 2.24) is 5.32 Å². The highest BCUT2D eigenvalue weighted by Crippen LogP contribution is 2.32. The molecular formula is C11H14FNO2S. The summed E-state index contributed by atoms with van der Waals surface area (Å²) >= 11 is 0. The van der Waals surface area contributed by atoms with Gasteiger partial charge in [0.2, 0.25) is 0 Å². The first kappa shape index (κ1) is 11.5. The Morgan fingerprint density at radius 2 is 2.25 bits per heavy atom. The van der Waals surface area contributed by atoms with Crippen molar-refractivity contribution in [3.05, 3.63) is 29.6 Å². The molecule has 0 saturated carbocycles. The number of hydrogen-bond donors (Lipinski definition) is 1. The van der Waals surface area contributed by atoms with Crippen LogP contribution in [0.1, 0.15) is 24.9 Å². The fourth-order valence-electron chi connectivity index (χ4n) is 2.06. The van der Waals surface area contributed by atoms with E-state index in [1.165, 1.54) is 6.07 Å². The number of benzene rings is 1. The lowest BCUT2D eigenvalue weighted by Crippen LogP contribution is -2.29. The van der Waals surface area contributed by atoms with Crippen LogP contribution in [0.2, 0.25) is 0 Å². The van der Waals surface area contributed by atoms with Crippen molar-refractivity contribution in [2.75, 3.05) is 12.3 Å². The molecule has 0 spiro atoms. The number of nitrogens with one attached hydrogen (secondary N) is 1. The molecule has 1 heterocycles. The van der Waals surface area contributed by atoms with E-state index in [1.807, 2.05) is 6.92 Å². The Balaban J connectivity index is 2.53. The number of halogens is 1. The first-order valence-electron chi connectivity index (χ1n) is 5.30. The van der Waals surface area contributed by atoms with Crippen LogP contribution in [0.3, 0.4) is 0 Å². The minimum Gasteiger partial charge on any atom is -0.310 e. The molecule has 0 fully saturated rings. The second-order valence-corrected chi connectivity index (χ2v) is 5.98. The van der Waals surface area contributed by atoms with E-state index in [-0.39, 0.29) is 16.7 Å². The second-order valence-electron chi connectivity index (χ2n) is 3.90. The van der Waals surface area contributed by atoms with Crippen molar-refractivity contribution >= 4 is 9.84 Å². The molecule has 2 rings (SSSR count). The summed E-state index contributed by atoms with van der Waals surface area (Å²) in [5, 5.41) is 3.21. The molecule has 88 valence electrons. The van der Waals surface area contributed by atoms with Gasteiger partial charge < -0.3 is 5.32 Å². The zero-order valence-corrected chi connectivity index (χ0v) is 9.85. The van der Waals surface area contributed by atoms with Crippen LogP contribution in [-0.4, -0.2) is 20.7 Å². The van der Waals surface area contributed by atoms with Crippen molar-refractivity contribution in [1.29, 1.82) is 0 Å². The van der Waals surface area contributed by atoms with E-state index in [4.69, 9.17) is 0 Å². The molecule has 1 atom stereocenters. The predicted octanol–water partition coefficient (Wildman–Crippen LogP) is 1.65. The summed E-state index contributed by atoms with van der Waals surface area (Å²) in [6.45, 7) is 2.73. The van der Waals surface area contributed by atoms with Gasteiger partial charge in [-0.2, -0.15) is 0 Å². The first-order valence-corrected chi connectivity index (χ1v) is 6.95. The van der Waals surface area contributed by atoms with E-state index < -0.39 is 15.7 Å². The molecule has 1 aliphatic heterocycles. The molecule has 0 amide bonds. The van der Waals surface area contributed by atoms with Gasteiger partial charge in [0.25, 0.3) is 0 Å². The van der Waals surface area contributed by atoms with Gasteiger partial charge in [-0.15, -0.1) is 0 Å². The van der Waals surface area contributed by atoms with E-state index in [0.717, 1.165) is 12.6 Å². The fraction of sp³-hybridized carbons (Fsp3) is 0.455. The molecular weight excluding hydrogens is 229 g/mol. The third-order valence-corrected chi connectivity index (χ3v) is 4.61. The maximum absolute atomic E-state index is 13.1. The summed E-state index contributed by atoms with van der Waals surface area (Å²) in [6, 6.07) is 4.01. The smallest absolute Gasteiger partial charge is 0.178 e. The average Bonchev–Trinajstić information content (AvgIpc) is 2.23. The second kappa shape index (κ2) is 4.14. The zero-order valence-electron chi connectivity index (χ0n) is 9.03. The van der Waals surface area contributed by atoms with Crippen LogP contribution in [0.5, 0.6) is 0 Å². The molecule has 0 saturated heterocycles. The minimum atomic E-state index is -3.30. The van der Waals surface area contributed by atoms with E-state index in [9.17, 15) is 12.8 Å². The summed E-state index contributed by atoms with van der Waals surface area (Å²) in [5.41, 5.74) is 0.689. The normalized spacial score (nSPS) is 22.8. The van der Waals surface area contributed by atoms with Crippen molar-refractivity contribution < 1.29 is 12.8 Å². The number of sulfone groups is 1. The topological polar surface area (TPSA) is 46.2 Å². The Morgan fingerprint density at radius 1 is 1.50 bits per heavy atom. The molecule has 1 unspecified atom stereocenters. The molecule has 1 aliphatic rings. The molecule has 0 aromatic heterocycles. The SMILES string of the molecule is CCNC1CCS(=O)(=O)c2cc(F)ccc21. The summed E-state index contributed by atoms with van der Waals surface area (Å²) in [4.78, 5) is 0.143. The lowest BCUT2D eigenvalue weighted by atomic mass is 10.0. The number of fused-ring (bicyclic) bond motifs is 1. The van der Waals surface area contributed by atoms with Gasteiger partial charge in [-0.1, -0.05) is 13.0 Å². The molecule has 5 heteroatoms. The molecule has 16 heavy (non-hydrogen) atoms. The van der Waals surface area contributed by atoms with Gasteiger partial charge in [0.05, 0.1) is 10.6 Å². The van der Waals surface area contributed by atoms with Crippen LogP contribution in [0.4, 0.5) is 4.39 Å². The minimum absolute atomic E-state index is 0.0177. The van der Waals surface area contributed by atoms with Gasteiger partial charge in [-0.3, -0.25) is 0 Å². The van der Waals surface area contributed by atoms with Crippen LogP contribution in [0.15, 0.2) is 23.1 Å². The van der Waals surface area contributed by atoms with Crippen LogP contribution >= 0.6 is 0 Å². The Bertz CT molecular complexity index is 499. The van der Waals surface area contributed by atoms with Gasteiger partial charge in [-0.05, 0) is 30.7 Å². The molecule has 1 aromatic rings. The zero-order chi connectivity index (χ0) is 11.8. The standard InChI is InChI=1S/C11H14FNO2S/c1-2-13-10-5-6-16(14,15)11-7-8(12)3-4-9(10)11/h3-4,7,10,13H,2,5-6H2,1H3. The first-order chi connectivity index (χ1) is 7.54. The third kappa shape index (κ3) is 1.97. The molecule has 0 aliphatic carbocycles. The highest BCUT2D eigenvalue weighted by molar-refractivity contribution is 7.91. The molecule has 0 radical (unpaired) electrons. The maximum atomic E-state index is 13.1. The van der Waals surface area contributed by atoms with Crippen LogP contribution in [-0.2, 0) is 9.84 Å². The summed E-state index contributed by atoms with van der Waals surface area (Å²) in [5.74, 6) is -0.416. The van der Waals surface area contributed by atoms with E-state index in [2.05, 4.69) is 5.32 Å². The largest absolute Gasteiger partial charge is 0.310 e. The summed E-state index contributed by atoms with van der Waals surface area (Å²) in [6.07, 6.45) is 0.550. The Labute approximate surface area is 94.6 Å². The van der Waals surface area contributed by atoms with Crippen LogP contribution < -0.4 is 5.32 Å². The van der Waals surface area contributed by atoms with Crippen LogP contribution in [0.25, 0.3) is 0 Å². The van der Waals surface area contributed by atoms with Crippen LogP contribution in [0, 0.1) is 5.82 Å². The van der Waals surface area contributed by atoms with Crippen molar-refractivity contribution in [3.8, 4) is 0 Å². The molecule has 3 nitrogen and oxygen atoms in total. The molecule has 1 N–H and O–H groups in total. The molecule has 0 bridgehead atoms. The Hall–Kier alpha value is -0.940. The quantitative estimate of drug-likeness (QED) is 0.859. The van der Waals surface area contributed by atoms with Crippen molar-refractivity contribution in [3.63, 3.8) is 0 Å².